The van der Waals surface area contributed by atoms with E-state index in [1.165, 1.54) is 29.2 Å². The van der Waals surface area contributed by atoms with E-state index in [9.17, 15) is 9.18 Å². The van der Waals surface area contributed by atoms with Crippen molar-refractivity contribution in [1.29, 1.82) is 0 Å². The van der Waals surface area contributed by atoms with Crippen molar-refractivity contribution in [3.05, 3.63) is 64.5 Å². The second-order valence-corrected chi connectivity index (χ2v) is 8.13. The Kier molecular flexibility index (Phi) is 7.18. The molecule has 1 aromatic heterocycles. The highest BCUT2D eigenvalue weighted by Gasteiger charge is 2.13. The largest absolute Gasteiger partial charge is 0.378 e. The van der Waals surface area contributed by atoms with E-state index in [-0.39, 0.29) is 11.8 Å². The van der Waals surface area contributed by atoms with Crippen molar-refractivity contribution in [3.63, 3.8) is 0 Å². The molecule has 1 aliphatic heterocycles. The normalized spacial score (nSPS) is 14.4. The summed E-state index contributed by atoms with van der Waals surface area (Å²) in [6.07, 6.45) is 0. The first-order valence-corrected chi connectivity index (χ1v) is 11.4. The minimum Gasteiger partial charge on any atom is -0.378 e. The molecule has 4 rings (SSSR count). The summed E-state index contributed by atoms with van der Waals surface area (Å²) in [4.78, 5) is 19.4. The van der Waals surface area contributed by atoms with Crippen LogP contribution < -0.4 is 20.3 Å². The Bertz CT molecular complexity index is 1100. The van der Waals surface area contributed by atoms with Crippen LogP contribution >= 0.6 is 11.3 Å². The van der Waals surface area contributed by atoms with Crippen LogP contribution in [-0.4, -0.2) is 50.5 Å². The van der Waals surface area contributed by atoms with Crippen molar-refractivity contribution in [2.45, 2.75) is 6.54 Å². The van der Waals surface area contributed by atoms with Crippen molar-refractivity contribution in [3.8, 4) is 11.3 Å². The Morgan fingerprint density at radius 3 is 2.53 bits per heavy atom. The number of nitrogens with one attached hydrogen (secondary N) is 2. The van der Waals surface area contributed by atoms with Gasteiger partial charge in [0.1, 0.15) is 5.82 Å². The maximum atomic E-state index is 13.3. The van der Waals surface area contributed by atoms with Gasteiger partial charge in [-0.3, -0.25) is 0 Å². The molecular weight excluding hydrogens is 429 g/mol. The third-order valence-corrected chi connectivity index (χ3v) is 6.10. The molecule has 32 heavy (non-hydrogen) atoms. The van der Waals surface area contributed by atoms with Gasteiger partial charge in [-0.2, -0.15) is 0 Å². The number of amides is 2. The molecule has 0 aliphatic carbocycles. The van der Waals surface area contributed by atoms with Gasteiger partial charge in [0.05, 0.1) is 24.6 Å². The molecule has 2 amide bonds. The van der Waals surface area contributed by atoms with E-state index in [1.807, 2.05) is 0 Å². The van der Waals surface area contributed by atoms with Crippen LogP contribution in [0.2, 0.25) is 0 Å². The number of anilines is 1. The SMILES string of the molecule is CNC(=O)NCCn1c(-c2ccc(N3CCOCC3)cc2)cs/c1=N/c1ccc(F)cc1. The molecule has 0 atom stereocenters. The van der Waals surface area contributed by atoms with Gasteiger partial charge in [-0.25, -0.2) is 14.2 Å². The second kappa shape index (κ2) is 10.4. The number of rotatable bonds is 6. The summed E-state index contributed by atoms with van der Waals surface area (Å²) in [6, 6.07) is 14.3. The summed E-state index contributed by atoms with van der Waals surface area (Å²) in [5, 5.41) is 7.44. The number of morpholine rings is 1. The molecule has 2 aromatic carbocycles. The molecule has 9 heteroatoms. The third-order valence-electron chi connectivity index (χ3n) is 5.24. The number of ether oxygens (including phenoxy) is 1. The van der Waals surface area contributed by atoms with Crippen LogP contribution in [0.3, 0.4) is 0 Å². The van der Waals surface area contributed by atoms with Crippen molar-refractivity contribution in [2.75, 3.05) is 44.8 Å². The zero-order valence-corrected chi connectivity index (χ0v) is 18.7. The fourth-order valence-corrected chi connectivity index (χ4v) is 4.48. The fraction of sp³-hybridized carbons (Fsp3) is 0.304. The first-order valence-electron chi connectivity index (χ1n) is 10.5. The summed E-state index contributed by atoms with van der Waals surface area (Å²) < 4.78 is 20.8. The molecule has 3 aromatic rings. The average Bonchev–Trinajstić information content (AvgIpc) is 3.23. The van der Waals surface area contributed by atoms with E-state index in [0.29, 0.717) is 18.8 Å². The molecule has 0 bridgehead atoms. The minimum atomic E-state index is -0.293. The van der Waals surface area contributed by atoms with E-state index in [2.05, 4.69) is 49.7 Å². The lowest BCUT2D eigenvalue weighted by molar-refractivity contribution is 0.122. The number of hydrogen-bond donors (Lipinski definition) is 2. The highest BCUT2D eigenvalue weighted by molar-refractivity contribution is 7.07. The van der Waals surface area contributed by atoms with Gasteiger partial charge in [0.15, 0.2) is 4.80 Å². The average molecular weight is 456 g/mol. The molecule has 0 unspecified atom stereocenters. The van der Waals surface area contributed by atoms with Crippen molar-refractivity contribution < 1.29 is 13.9 Å². The van der Waals surface area contributed by atoms with Gasteiger partial charge in [0.2, 0.25) is 0 Å². The van der Waals surface area contributed by atoms with Crippen LogP contribution in [0.1, 0.15) is 0 Å². The van der Waals surface area contributed by atoms with E-state index < -0.39 is 0 Å². The molecule has 2 heterocycles. The number of nitrogens with zero attached hydrogens (tertiary/aromatic N) is 3. The predicted octanol–water partition coefficient (Wildman–Crippen LogP) is 3.35. The Labute approximate surface area is 190 Å². The van der Waals surface area contributed by atoms with Gasteiger partial charge in [0.25, 0.3) is 0 Å². The van der Waals surface area contributed by atoms with Crippen LogP contribution in [0.4, 0.5) is 20.6 Å². The quantitative estimate of drug-likeness (QED) is 0.599. The Morgan fingerprint density at radius 2 is 1.84 bits per heavy atom. The second-order valence-electron chi connectivity index (χ2n) is 7.30. The van der Waals surface area contributed by atoms with Crippen molar-refractivity contribution in [2.24, 2.45) is 4.99 Å². The molecule has 7 nitrogen and oxygen atoms in total. The number of halogens is 1. The predicted molar refractivity (Wildman–Crippen MR) is 125 cm³/mol. The summed E-state index contributed by atoms with van der Waals surface area (Å²) in [7, 11) is 1.59. The lowest BCUT2D eigenvalue weighted by Crippen LogP contribution is -2.36. The summed E-state index contributed by atoms with van der Waals surface area (Å²) in [5.74, 6) is -0.293. The topological polar surface area (TPSA) is 70.9 Å². The standard InChI is InChI=1S/C23H26FN5O2S/c1-25-22(30)26-10-11-29-21(16-32-23(29)27-19-6-4-18(24)5-7-19)17-2-8-20(9-3-17)28-12-14-31-15-13-28/h2-9,16H,10-15H2,1H3,(H2,25,26,30)/b27-23+. The van der Waals surface area contributed by atoms with E-state index >= 15 is 0 Å². The lowest BCUT2D eigenvalue weighted by atomic mass is 10.1. The smallest absolute Gasteiger partial charge is 0.314 e. The maximum absolute atomic E-state index is 13.3. The van der Waals surface area contributed by atoms with Crippen LogP contribution in [0, 0.1) is 5.82 Å². The number of carbonyl (C=O) groups is 1. The van der Waals surface area contributed by atoms with Crippen LogP contribution in [0.5, 0.6) is 0 Å². The van der Waals surface area contributed by atoms with Gasteiger partial charge < -0.3 is 24.8 Å². The van der Waals surface area contributed by atoms with Gasteiger partial charge >= 0.3 is 6.03 Å². The molecule has 1 aliphatic rings. The highest BCUT2D eigenvalue weighted by atomic mass is 32.1. The Balaban J connectivity index is 1.63. The number of urea groups is 1. The van der Waals surface area contributed by atoms with Crippen LogP contribution in [-0.2, 0) is 11.3 Å². The van der Waals surface area contributed by atoms with Gasteiger partial charge in [-0.1, -0.05) is 12.1 Å². The molecule has 0 radical (unpaired) electrons. The molecule has 1 fully saturated rings. The summed E-state index contributed by atoms with van der Waals surface area (Å²) in [5.41, 5.74) is 3.94. The number of benzene rings is 2. The maximum Gasteiger partial charge on any atom is 0.314 e. The van der Waals surface area contributed by atoms with E-state index in [1.54, 1.807) is 19.2 Å². The molecule has 2 N–H and O–H groups in total. The molecule has 0 saturated carbocycles. The number of aromatic nitrogens is 1. The van der Waals surface area contributed by atoms with Crippen molar-refractivity contribution >= 4 is 28.7 Å². The van der Waals surface area contributed by atoms with Crippen LogP contribution in [0.25, 0.3) is 11.3 Å². The molecule has 1 saturated heterocycles. The minimum absolute atomic E-state index is 0.228. The third kappa shape index (κ3) is 5.35. The van der Waals surface area contributed by atoms with Gasteiger partial charge in [0, 0.05) is 44.3 Å². The summed E-state index contributed by atoms with van der Waals surface area (Å²) >= 11 is 1.51. The monoisotopic (exact) mass is 455 g/mol. The zero-order chi connectivity index (χ0) is 22.3. The molecule has 168 valence electrons. The highest BCUT2D eigenvalue weighted by Crippen LogP contribution is 2.25. The van der Waals surface area contributed by atoms with E-state index in [0.717, 1.165) is 42.4 Å². The Hall–Kier alpha value is -3.17. The number of thiazole rings is 1. The molecular formula is C23H26FN5O2S. The van der Waals surface area contributed by atoms with Crippen LogP contribution in [0.15, 0.2) is 58.9 Å². The van der Waals surface area contributed by atoms with Gasteiger partial charge in [-0.05, 0) is 42.0 Å². The first kappa shape index (κ1) is 22.0. The van der Waals surface area contributed by atoms with Gasteiger partial charge in [-0.15, -0.1) is 11.3 Å². The van der Waals surface area contributed by atoms with Crippen molar-refractivity contribution in [1.82, 2.24) is 15.2 Å². The molecule has 0 spiro atoms. The number of carbonyl (C=O) groups excluding carboxylic acids is 1. The zero-order valence-electron chi connectivity index (χ0n) is 17.9. The Morgan fingerprint density at radius 1 is 1.12 bits per heavy atom. The van der Waals surface area contributed by atoms with E-state index in [4.69, 9.17) is 9.73 Å². The lowest BCUT2D eigenvalue weighted by Gasteiger charge is -2.28. The summed E-state index contributed by atoms with van der Waals surface area (Å²) in [6.45, 7) is 4.29. The fourth-order valence-electron chi connectivity index (χ4n) is 3.53. The number of hydrogen-bond acceptors (Lipinski definition) is 5. The first-order chi connectivity index (χ1) is 15.6.